The topological polar surface area (TPSA) is 93.8 Å². The molecular formula is C19H23ClN2O4. The van der Waals surface area contributed by atoms with Crippen LogP contribution in [0, 0.1) is 0 Å². The van der Waals surface area contributed by atoms with Crippen LogP contribution < -0.4 is 15.8 Å². The largest absolute Gasteiger partial charge is 0.497 e. The first kappa shape index (κ1) is 20.2. The van der Waals surface area contributed by atoms with Crippen molar-refractivity contribution in [2.24, 2.45) is 5.73 Å². The third-order valence-corrected chi connectivity index (χ3v) is 4.35. The van der Waals surface area contributed by atoms with Gasteiger partial charge >= 0.3 is 0 Å². The van der Waals surface area contributed by atoms with Gasteiger partial charge in [0.2, 0.25) is 0 Å². The number of hydrogen-bond donors (Lipinski definition) is 3. The zero-order chi connectivity index (χ0) is 19.2. The number of hydrogen-bond acceptors (Lipinski definition) is 5. The first-order chi connectivity index (χ1) is 12.4. The van der Waals surface area contributed by atoms with Crippen molar-refractivity contribution >= 4 is 18.1 Å². The molecule has 2 aromatic rings. The van der Waals surface area contributed by atoms with Gasteiger partial charge in [-0.05, 0) is 47.9 Å². The lowest BCUT2D eigenvalue weighted by Crippen LogP contribution is -2.53. The molecule has 2 aromatic carbocycles. The van der Waals surface area contributed by atoms with Crippen LogP contribution in [0.15, 0.2) is 42.5 Å². The predicted molar refractivity (Wildman–Crippen MR) is 101 cm³/mol. The van der Waals surface area contributed by atoms with Crippen LogP contribution in [-0.4, -0.2) is 38.0 Å². The number of benzene rings is 2. The van der Waals surface area contributed by atoms with E-state index < -0.39 is 5.60 Å². The molecule has 0 spiro atoms. The SMILES string of the molecule is COc1cc(Cl)cc(-c2cccc(C3(C)CNCC(N)O3)c2)c1.O=CO. The van der Waals surface area contributed by atoms with Gasteiger partial charge in [-0.25, -0.2) is 0 Å². The zero-order valence-corrected chi connectivity index (χ0v) is 15.5. The highest BCUT2D eigenvalue weighted by Gasteiger charge is 2.33. The average Bonchev–Trinajstić information content (AvgIpc) is 2.62. The highest BCUT2D eigenvalue weighted by molar-refractivity contribution is 6.31. The predicted octanol–water partition coefficient (Wildman–Crippen LogP) is 2.84. The van der Waals surface area contributed by atoms with E-state index in [1.54, 1.807) is 13.2 Å². The van der Waals surface area contributed by atoms with Gasteiger partial charge in [0.1, 0.15) is 17.6 Å². The van der Waals surface area contributed by atoms with Gasteiger partial charge in [0.15, 0.2) is 0 Å². The van der Waals surface area contributed by atoms with Crippen LogP contribution in [0.5, 0.6) is 5.75 Å². The minimum absolute atomic E-state index is 0.250. The van der Waals surface area contributed by atoms with Crippen LogP contribution in [-0.2, 0) is 15.1 Å². The molecular weight excluding hydrogens is 356 g/mol. The van der Waals surface area contributed by atoms with Gasteiger partial charge in [0.25, 0.3) is 6.47 Å². The van der Waals surface area contributed by atoms with Crippen molar-refractivity contribution in [3.63, 3.8) is 0 Å². The molecule has 7 heteroatoms. The van der Waals surface area contributed by atoms with Crippen LogP contribution in [0.25, 0.3) is 11.1 Å². The third-order valence-electron chi connectivity index (χ3n) is 4.13. The molecule has 1 heterocycles. The summed E-state index contributed by atoms with van der Waals surface area (Å²) in [7, 11) is 1.63. The molecule has 2 atom stereocenters. The normalized spacial score (nSPS) is 22.1. The summed E-state index contributed by atoms with van der Waals surface area (Å²) in [5.74, 6) is 0.738. The molecule has 1 aliphatic rings. The summed E-state index contributed by atoms with van der Waals surface area (Å²) in [6, 6.07) is 13.9. The van der Waals surface area contributed by atoms with Gasteiger partial charge in [-0.15, -0.1) is 0 Å². The quantitative estimate of drug-likeness (QED) is 0.711. The molecule has 1 fully saturated rings. The van der Waals surface area contributed by atoms with E-state index in [2.05, 4.69) is 24.4 Å². The number of nitrogens with one attached hydrogen (secondary N) is 1. The average molecular weight is 379 g/mol. The fraction of sp³-hybridized carbons (Fsp3) is 0.316. The van der Waals surface area contributed by atoms with Crippen molar-refractivity contribution < 1.29 is 19.4 Å². The Morgan fingerprint density at radius 3 is 2.73 bits per heavy atom. The van der Waals surface area contributed by atoms with E-state index >= 15 is 0 Å². The number of morpholine rings is 1. The molecule has 2 unspecified atom stereocenters. The summed E-state index contributed by atoms with van der Waals surface area (Å²) >= 11 is 6.18. The first-order valence-electron chi connectivity index (χ1n) is 8.09. The van der Waals surface area contributed by atoms with Gasteiger partial charge in [-0.2, -0.15) is 0 Å². The molecule has 0 radical (unpaired) electrons. The summed E-state index contributed by atoms with van der Waals surface area (Å²) in [4.78, 5) is 8.36. The van der Waals surface area contributed by atoms with E-state index in [4.69, 9.17) is 36.7 Å². The maximum Gasteiger partial charge on any atom is 0.290 e. The fourth-order valence-electron chi connectivity index (χ4n) is 2.92. The first-order valence-corrected chi connectivity index (χ1v) is 8.47. The molecule has 6 nitrogen and oxygen atoms in total. The number of carbonyl (C=O) groups is 1. The van der Waals surface area contributed by atoms with E-state index in [-0.39, 0.29) is 12.7 Å². The lowest BCUT2D eigenvalue weighted by atomic mass is 9.91. The Morgan fingerprint density at radius 2 is 2.08 bits per heavy atom. The molecule has 1 aliphatic heterocycles. The maximum absolute atomic E-state index is 8.36. The second kappa shape index (κ2) is 9.00. The fourth-order valence-corrected chi connectivity index (χ4v) is 3.14. The van der Waals surface area contributed by atoms with E-state index in [9.17, 15) is 0 Å². The van der Waals surface area contributed by atoms with Gasteiger partial charge in [0, 0.05) is 18.1 Å². The standard InChI is InChI=1S/C18H21ClN2O2.CH2O2/c1-18(11-21-10-17(20)23-18)14-5-3-4-12(6-14)13-7-15(19)9-16(8-13)22-2;2-1-3/h3-9,17,21H,10-11,20H2,1-2H3;1H,(H,2,3). The number of methoxy groups -OCH3 is 1. The molecule has 0 amide bonds. The minimum Gasteiger partial charge on any atom is -0.497 e. The second-order valence-corrected chi connectivity index (χ2v) is 6.52. The summed E-state index contributed by atoms with van der Waals surface area (Å²) in [5, 5.41) is 10.9. The van der Waals surface area contributed by atoms with Gasteiger partial charge in [-0.1, -0.05) is 29.8 Å². The zero-order valence-electron chi connectivity index (χ0n) is 14.7. The lowest BCUT2D eigenvalue weighted by molar-refractivity contribution is -0.122. The van der Waals surface area contributed by atoms with Crippen molar-refractivity contribution in [2.45, 2.75) is 18.8 Å². The Kier molecular flexibility index (Phi) is 6.99. The highest BCUT2D eigenvalue weighted by atomic mass is 35.5. The maximum atomic E-state index is 8.36. The Hall–Kier alpha value is -2.12. The highest BCUT2D eigenvalue weighted by Crippen LogP contribution is 2.33. The Balaban J connectivity index is 0.000000758. The van der Waals surface area contributed by atoms with Crippen LogP contribution in [0.3, 0.4) is 0 Å². The summed E-state index contributed by atoms with van der Waals surface area (Å²) in [6.07, 6.45) is -0.302. The summed E-state index contributed by atoms with van der Waals surface area (Å²) in [6.45, 7) is 3.19. The Labute approximate surface area is 157 Å². The van der Waals surface area contributed by atoms with Gasteiger partial charge in [-0.3, -0.25) is 4.79 Å². The monoisotopic (exact) mass is 378 g/mol. The van der Waals surface area contributed by atoms with Gasteiger partial charge in [0.05, 0.1) is 7.11 Å². The molecule has 4 N–H and O–H groups in total. The van der Waals surface area contributed by atoms with E-state index in [1.807, 2.05) is 24.3 Å². The molecule has 0 bridgehead atoms. The smallest absolute Gasteiger partial charge is 0.290 e. The van der Waals surface area contributed by atoms with Crippen molar-refractivity contribution in [3.8, 4) is 16.9 Å². The minimum atomic E-state index is -0.448. The van der Waals surface area contributed by atoms with E-state index in [1.165, 1.54) is 0 Å². The van der Waals surface area contributed by atoms with E-state index in [0.717, 1.165) is 29.0 Å². The molecule has 0 saturated carbocycles. The summed E-state index contributed by atoms with van der Waals surface area (Å²) in [5.41, 5.74) is 8.64. The number of halogens is 1. The molecule has 1 saturated heterocycles. The summed E-state index contributed by atoms with van der Waals surface area (Å²) < 4.78 is 11.3. The molecule has 0 aromatic heterocycles. The van der Waals surface area contributed by atoms with E-state index in [0.29, 0.717) is 11.6 Å². The van der Waals surface area contributed by atoms with Crippen LogP contribution in [0.4, 0.5) is 0 Å². The molecule has 140 valence electrons. The van der Waals surface area contributed by atoms with Crippen molar-refractivity contribution in [3.05, 3.63) is 53.1 Å². The van der Waals surface area contributed by atoms with Crippen LogP contribution >= 0.6 is 11.6 Å². The number of nitrogens with two attached hydrogens (primary N) is 1. The lowest BCUT2D eigenvalue weighted by Gasteiger charge is -2.38. The molecule has 26 heavy (non-hydrogen) atoms. The van der Waals surface area contributed by atoms with Crippen molar-refractivity contribution in [2.75, 3.05) is 20.2 Å². The molecule has 3 rings (SSSR count). The number of ether oxygens (including phenoxy) is 2. The van der Waals surface area contributed by atoms with Crippen LogP contribution in [0.2, 0.25) is 5.02 Å². The Morgan fingerprint density at radius 1 is 1.35 bits per heavy atom. The number of carboxylic acid groups (broad SMARTS) is 1. The third kappa shape index (κ3) is 4.95. The van der Waals surface area contributed by atoms with Crippen molar-refractivity contribution in [1.82, 2.24) is 5.32 Å². The Bertz CT molecular complexity index is 756. The van der Waals surface area contributed by atoms with Crippen molar-refractivity contribution in [1.29, 1.82) is 0 Å². The number of rotatable bonds is 3. The second-order valence-electron chi connectivity index (χ2n) is 6.08. The molecule has 0 aliphatic carbocycles. The van der Waals surface area contributed by atoms with Crippen LogP contribution in [0.1, 0.15) is 12.5 Å². The van der Waals surface area contributed by atoms with Gasteiger partial charge < -0.3 is 25.6 Å².